The summed E-state index contributed by atoms with van der Waals surface area (Å²) < 4.78 is 0. The lowest BCUT2D eigenvalue weighted by molar-refractivity contribution is 0.102. The highest BCUT2D eigenvalue weighted by Crippen LogP contribution is 2.53. The predicted octanol–water partition coefficient (Wildman–Crippen LogP) is 10.7. The largest absolute Gasteiger partial charge is 0.367 e. The van der Waals surface area contributed by atoms with Crippen molar-refractivity contribution in [3.8, 4) is 0 Å². The number of aryl methyl sites for hydroxylation is 1. The number of nitrogens with one attached hydrogen (secondary N) is 2. The first-order chi connectivity index (χ1) is 26.4. The zero-order valence-corrected chi connectivity index (χ0v) is 32.4. The number of aromatic nitrogens is 2. The number of carbonyl (C=O) groups is 1. The molecule has 2 atom stereocenters. The minimum Gasteiger partial charge on any atom is -0.367 e. The van der Waals surface area contributed by atoms with Crippen molar-refractivity contribution in [3.63, 3.8) is 0 Å². The summed E-state index contributed by atoms with van der Waals surface area (Å²) in [5, 5.41) is 5.69. The zero-order chi connectivity index (χ0) is 36.9. The highest BCUT2D eigenvalue weighted by molar-refractivity contribution is 6.32. The van der Waals surface area contributed by atoms with Gasteiger partial charge in [-0.25, -0.2) is 0 Å². The minimum atomic E-state index is -0.202. The molecular weight excluding hydrogens is 711 g/mol. The van der Waals surface area contributed by atoms with Crippen LogP contribution in [0.1, 0.15) is 89.9 Å². The Morgan fingerprint density at radius 2 is 1.67 bits per heavy atom. The zero-order valence-electron chi connectivity index (χ0n) is 30.9. The van der Waals surface area contributed by atoms with E-state index in [1.807, 2.05) is 31.3 Å². The molecule has 2 aromatic heterocycles. The molecule has 7 nitrogen and oxygen atoms in total. The molecule has 1 aliphatic carbocycles. The van der Waals surface area contributed by atoms with Crippen LogP contribution in [0.15, 0.2) is 91.3 Å². The average Bonchev–Trinajstić information content (AvgIpc) is 3.48. The number of rotatable bonds is 6. The Morgan fingerprint density at radius 1 is 0.907 bits per heavy atom. The number of aromatic amines is 1. The number of piperazine rings is 1. The Hall–Kier alpha value is -4.56. The van der Waals surface area contributed by atoms with Gasteiger partial charge in [0.15, 0.2) is 0 Å². The fourth-order valence-electron chi connectivity index (χ4n) is 9.47. The maximum absolute atomic E-state index is 15.0. The lowest BCUT2D eigenvalue weighted by Crippen LogP contribution is -2.51. The highest BCUT2D eigenvalue weighted by atomic mass is 35.5. The molecule has 3 aliphatic heterocycles. The molecule has 1 saturated carbocycles. The van der Waals surface area contributed by atoms with Crippen molar-refractivity contribution < 1.29 is 4.79 Å². The Morgan fingerprint density at radius 3 is 2.43 bits per heavy atom. The van der Waals surface area contributed by atoms with Gasteiger partial charge in [-0.05, 0) is 84.7 Å². The number of hydrogen-bond acceptors (Lipinski definition) is 5. The predicted molar refractivity (Wildman–Crippen MR) is 222 cm³/mol. The third kappa shape index (κ3) is 6.30. The summed E-state index contributed by atoms with van der Waals surface area (Å²) in [4.78, 5) is 30.7. The molecule has 0 spiro atoms. The van der Waals surface area contributed by atoms with Gasteiger partial charge in [-0.1, -0.05) is 97.9 Å². The highest BCUT2D eigenvalue weighted by Gasteiger charge is 2.40. The van der Waals surface area contributed by atoms with Crippen LogP contribution in [0, 0.1) is 12.8 Å². The van der Waals surface area contributed by atoms with Crippen molar-refractivity contribution in [1.82, 2.24) is 19.8 Å². The summed E-state index contributed by atoms with van der Waals surface area (Å²) in [5.41, 5.74) is 10.3. The molecule has 276 valence electrons. The van der Waals surface area contributed by atoms with Gasteiger partial charge in [0.1, 0.15) is 5.69 Å². The number of hydrogen-bond donors (Lipinski definition) is 2. The van der Waals surface area contributed by atoms with Gasteiger partial charge in [0.2, 0.25) is 0 Å². The third-order valence-electron chi connectivity index (χ3n) is 12.1. The molecule has 0 radical (unpaired) electrons. The van der Waals surface area contributed by atoms with Gasteiger partial charge >= 0.3 is 0 Å². The van der Waals surface area contributed by atoms with Crippen molar-refractivity contribution in [3.05, 3.63) is 135 Å². The second kappa shape index (κ2) is 14.6. The Balaban J connectivity index is 1.18. The maximum Gasteiger partial charge on any atom is 0.272 e. The first kappa shape index (κ1) is 35.2. The number of benzene rings is 3. The van der Waals surface area contributed by atoms with Gasteiger partial charge in [-0.3, -0.25) is 14.7 Å². The van der Waals surface area contributed by atoms with Crippen LogP contribution in [-0.4, -0.2) is 57.9 Å². The number of pyridine rings is 1. The Labute approximate surface area is 327 Å². The average molecular weight is 758 g/mol. The van der Waals surface area contributed by atoms with Crippen molar-refractivity contribution in [1.29, 1.82) is 0 Å². The van der Waals surface area contributed by atoms with E-state index in [2.05, 4.69) is 104 Å². The van der Waals surface area contributed by atoms with Crippen LogP contribution in [0.3, 0.4) is 0 Å². The Kier molecular flexibility index (Phi) is 9.50. The molecule has 4 aliphatic rings. The van der Waals surface area contributed by atoms with E-state index in [1.54, 1.807) is 0 Å². The SMILES string of the molecule is Cc1nccc(N2CCN(C3CCCCC3)CC2)c1NC(=O)c1[nH]c2cc(Cl)cc3c2c1C1=C(c2ccccc2)C(C)CC=CN1C3c1ccc(Cl)cc1. The van der Waals surface area contributed by atoms with E-state index in [-0.39, 0.29) is 17.9 Å². The van der Waals surface area contributed by atoms with Crippen molar-refractivity contribution >= 4 is 62.7 Å². The molecule has 1 saturated heterocycles. The third-order valence-corrected chi connectivity index (χ3v) is 12.5. The van der Waals surface area contributed by atoms with Gasteiger partial charge in [0, 0.05) is 71.1 Å². The quantitative estimate of drug-likeness (QED) is 0.181. The molecule has 5 aromatic rings. The van der Waals surface area contributed by atoms with Crippen molar-refractivity contribution in [2.45, 2.75) is 64.5 Å². The second-order valence-corrected chi connectivity index (χ2v) is 16.2. The van der Waals surface area contributed by atoms with Crippen LogP contribution in [0.2, 0.25) is 10.0 Å². The summed E-state index contributed by atoms with van der Waals surface area (Å²) in [7, 11) is 0. The van der Waals surface area contributed by atoms with Crippen LogP contribution in [0.4, 0.5) is 11.4 Å². The van der Waals surface area contributed by atoms with Gasteiger partial charge < -0.3 is 20.1 Å². The number of halogens is 2. The number of nitrogens with zero attached hydrogens (tertiary/aromatic N) is 4. The van der Waals surface area contributed by atoms with E-state index < -0.39 is 0 Å². The number of amides is 1. The van der Waals surface area contributed by atoms with Crippen LogP contribution in [0.25, 0.3) is 22.2 Å². The van der Waals surface area contributed by atoms with Crippen molar-refractivity contribution in [2.24, 2.45) is 5.92 Å². The standard InChI is InChI=1S/C45H46Cl2N6O/c1-28-10-9-21-53-43(31-15-17-32(46)18-16-31)35-26-33(47)27-36-39(35)40(44(53)38(28)30-11-5-3-6-12-30)42(49-36)45(54)50-41-29(2)48-20-19-37(41)52-24-22-51(23-25-52)34-13-7-4-8-14-34/h3,5-6,9,11-12,15-21,26-28,34,43,49H,4,7-8,10,13-14,22-25H2,1-2H3,(H,50,54). The lowest BCUT2D eigenvalue weighted by atomic mass is 9.82. The first-order valence-corrected chi connectivity index (χ1v) is 20.2. The lowest BCUT2D eigenvalue weighted by Gasteiger charge is -2.42. The molecule has 2 unspecified atom stereocenters. The van der Waals surface area contributed by atoms with Crippen LogP contribution < -0.4 is 10.2 Å². The minimum absolute atomic E-state index is 0.184. The van der Waals surface area contributed by atoms with E-state index in [9.17, 15) is 0 Å². The summed E-state index contributed by atoms with van der Waals surface area (Å²) >= 11 is 13.3. The molecule has 3 aromatic carbocycles. The fourth-order valence-corrected chi connectivity index (χ4v) is 9.82. The smallest absolute Gasteiger partial charge is 0.272 e. The number of carbonyl (C=O) groups excluding carboxylic acids is 1. The number of allylic oxidation sites excluding steroid dienone is 2. The summed E-state index contributed by atoms with van der Waals surface area (Å²) in [6, 6.07) is 25.2. The fraction of sp³-hybridized carbons (Fsp3) is 0.333. The molecule has 9 rings (SSSR count). The molecule has 1 amide bonds. The van der Waals surface area contributed by atoms with Gasteiger partial charge in [-0.2, -0.15) is 0 Å². The van der Waals surface area contributed by atoms with Crippen LogP contribution >= 0.6 is 23.2 Å². The number of H-pyrrole nitrogens is 1. The van der Waals surface area contributed by atoms with Gasteiger partial charge in [0.25, 0.3) is 5.91 Å². The first-order valence-electron chi connectivity index (χ1n) is 19.5. The maximum atomic E-state index is 15.0. The van der Waals surface area contributed by atoms with Crippen LogP contribution in [-0.2, 0) is 0 Å². The molecule has 0 bridgehead atoms. The molecule has 2 fully saturated rings. The Bertz CT molecular complexity index is 2270. The molecule has 9 heteroatoms. The molecule has 5 heterocycles. The van der Waals surface area contributed by atoms with E-state index in [0.29, 0.717) is 21.8 Å². The number of fused-ring (bicyclic) bond motifs is 2. The topological polar surface area (TPSA) is 67.5 Å². The van der Waals surface area contributed by atoms with E-state index in [0.717, 1.165) is 88.5 Å². The van der Waals surface area contributed by atoms with E-state index in [1.165, 1.54) is 37.7 Å². The molecule has 54 heavy (non-hydrogen) atoms. The second-order valence-electron chi connectivity index (χ2n) is 15.4. The molecule has 2 N–H and O–H groups in total. The van der Waals surface area contributed by atoms with E-state index >= 15 is 4.79 Å². The number of anilines is 2. The van der Waals surface area contributed by atoms with E-state index in [4.69, 9.17) is 23.2 Å². The normalized spacial score (nSPS) is 20.7. The van der Waals surface area contributed by atoms with Crippen LogP contribution in [0.5, 0.6) is 0 Å². The monoisotopic (exact) mass is 756 g/mol. The van der Waals surface area contributed by atoms with Crippen molar-refractivity contribution in [2.75, 3.05) is 36.4 Å². The van der Waals surface area contributed by atoms with Gasteiger partial charge in [0.05, 0.1) is 28.8 Å². The summed E-state index contributed by atoms with van der Waals surface area (Å²) in [6.45, 7) is 8.16. The summed E-state index contributed by atoms with van der Waals surface area (Å²) in [6.07, 6.45) is 13.8. The molecular formula is C45H46Cl2N6O. The van der Waals surface area contributed by atoms with Gasteiger partial charge in [-0.15, -0.1) is 0 Å². The summed E-state index contributed by atoms with van der Waals surface area (Å²) in [5.74, 6) is -0.0178.